The van der Waals surface area contributed by atoms with Crippen molar-refractivity contribution in [3.05, 3.63) is 119 Å². The van der Waals surface area contributed by atoms with Gasteiger partial charge in [0.2, 0.25) is 0 Å². The topological polar surface area (TPSA) is 71.8 Å². The Kier molecular flexibility index (Phi) is 4.87. The van der Waals surface area contributed by atoms with E-state index < -0.39 is 0 Å². The zero-order valence-electron chi connectivity index (χ0n) is 19.5. The molecule has 0 aliphatic carbocycles. The number of nitro benzene ring substituents is 1. The van der Waals surface area contributed by atoms with Crippen LogP contribution in [0.4, 0.5) is 5.69 Å². The summed E-state index contributed by atoms with van der Waals surface area (Å²) in [5.41, 5.74) is 7.88. The van der Waals surface area contributed by atoms with E-state index in [2.05, 4.69) is 47.4 Å². The van der Waals surface area contributed by atoms with E-state index in [0.717, 1.165) is 59.3 Å². The maximum atomic E-state index is 11.6. The van der Waals surface area contributed by atoms with E-state index in [-0.39, 0.29) is 10.6 Å². The number of para-hydroxylation sites is 1. The Morgan fingerprint density at radius 2 is 1.46 bits per heavy atom. The minimum absolute atomic E-state index is 0.107. The highest BCUT2D eigenvalue weighted by molar-refractivity contribution is 7.22. The normalized spacial score (nSPS) is 11.5. The van der Waals surface area contributed by atoms with E-state index in [9.17, 15) is 10.1 Å². The predicted octanol–water partition coefficient (Wildman–Crippen LogP) is 8.84. The maximum Gasteiger partial charge on any atom is 0.277 e. The van der Waals surface area contributed by atoms with Gasteiger partial charge in [0.05, 0.1) is 26.2 Å². The lowest BCUT2D eigenvalue weighted by Gasteiger charge is -2.07. The van der Waals surface area contributed by atoms with Crippen LogP contribution in [0.2, 0.25) is 0 Å². The van der Waals surface area contributed by atoms with Crippen molar-refractivity contribution in [3.8, 4) is 32.8 Å². The predicted molar refractivity (Wildman–Crippen MR) is 152 cm³/mol. The van der Waals surface area contributed by atoms with Crippen LogP contribution in [0.5, 0.6) is 0 Å². The van der Waals surface area contributed by atoms with Crippen LogP contribution in [-0.2, 0) is 0 Å². The Morgan fingerprint density at radius 3 is 2.32 bits per heavy atom. The molecule has 0 spiro atoms. The molecule has 5 aromatic carbocycles. The monoisotopic (exact) mass is 497 g/mol. The first-order chi connectivity index (χ1) is 18.2. The van der Waals surface area contributed by atoms with E-state index in [1.807, 2.05) is 48.5 Å². The molecule has 2 aromatic heterocycles. The molecule has 0 amide bonds. The molecule has 2 heterocycles. The van der Waals surface area contributed by atoms with Crippen LogP contribution < -0.4 is 0 Å². The van der Waals surface area contributed by atoms with Crippen LogP contribution in [0.1, 0.15) is 0 Å². The lowest BCUT2D eigenvalue weighted by molar-refractivity contribution is -0.384. The summed E-state index contributed by atoms with van der Waals surface area (Å²) >= 11 is 1.70. The van der Waals surface area contributed by atoms with Crippen LogP contribution in [0.15, 0.2) is 109 Å². The van der Waals surface area contributed by atoms with Gasteiger partial charge in [-0.2, -0.15) is 0 Å². The Morgan fingerprint density at radius 1 is 0.703 bits per heavy atom. The standard InChI is InChI=1S/C31H19N3O2S/c35-34(36)28-12-5-4-11-23(28)22-10-6-9-20(17-22)21-13-15-26-25(18-21)24-14-16-27-30(29(24)32-26)37-31(33-27)19-7-2-1-3-8-19/h1-18,32H. The Bertz CT molecular complexity index is 1970. The molecule has 0 fully saturated rings. The van der Waals surface area contributed by atoms with Crippen LogP contribution in [0.25, 0.3) is 64.8 Å². The first kappa shape index (κ1) is 21.5. The summed E-state index contributed by atoms with van der Waals surface area (Å²) in [5, 5.41) is 14.9. The van der Waals surface area contributed by atoms with Crippen molar-refractivity contribution >= 4 is 49.0 Å². The van der Waals surface area contributed by atoms with Gasteiger partial charge in [-0.3, -0.25) is 10.1 Å². The van der Waals surface area contributed by atoms with E-state index in [0.29, 0.717) is 5.56 Å². The molecule has 1 N–H and O–H groups in total. The number of nitro groups is 1. The number of H-pyrrole nitrogens is 1. The summed E-state index contributed by atoms with van der Waals surface area (Å²) in [7, 11) is 0. The van der Waals surface area contributed by atoms with Crippen LogP contribution >= 0.6 is 11.3 Å². The smallest absolute Gasteiger partial charge is 0.277 e. The third kappa shape index (κ3) is 3.58. The van der Waals surface area contributed by atoms with Gasteiger partial charge in [0, 0.05) is 27.9 Å². The molecule has 7 rings (SSSR count). The van der Waals surface area contributed by atoms with Gasteiger partial charge >= 0.3 is 0 Å². The van der Waals surface area contributed by atoms with Crippen molar-refractivity contribution in [3.63, 3.8) is 0 Å². The van der Waals surface area contributed by atoms with Crippen molar-refractivity contribution in [2.75, 3.05) is 0 Å². The lowest BCUT2D eigenvalue weighted by atomic mass is 9.97. The number of thiazole rings is 1. The molecule has 7 aromatic rings. The van der Waals surface area contributed by atoms with E-state index in [1.54, 1.807) is 29.5 Å². The van der Waals surface area contributed by atoms with E-state index >= 15 is 0 Å². The molecular formula is C31H19N3O2S. The molecule has 6 heteroatoms. The first-order valence-corrected chi connectivity index (χ1v) is 12.7. The summed E-state index contributed by atoms with van der Waals surface area (Å²) in [6.07, 6.45) is 0. The lowest BCUT2D eigenvalue weighted by Crippen LogP contribution is -1.91. The first-order valence-electron chi connectivity index (χ1n) is 11.9. The fourth-order valence-corrected chi connectivity index (χ4v) is 6.05. The van der Waals surface area contributed by atoms with Crippen molar-refractivity contribution < 1.29 is 4.92 Å². The second kappa shape index (κ2) is 8.40. The third-order valence-corrected chi connectivity index (χ3v) is 7.89. The Labute approximate surface area is 215 Å². The highest BCUT2D eigenvalue weighted by atomic mass is 32.1. The summed E-state index contributed by atoms with van der Waals surface area (Å²) < 4.78 is 1.15. The summed E-state index contributed by atoms with van der Waals surface area (Å²) in [6.45, 7) is 0. The number of hydrogen-bond donors (Lipinski definition) is 1. The highest BCUT2D eigenvalue weighted by Crippen LogP contribution is 2.39. The summed E-state index contributed by atoms with van der Waals surface area (Å²) in [5.74, 6) is 0. The zero-order chi connectivity index (χ0) is 24.9. The van der Waals surface area contributed by atoms with E-state index in [1.165, 1.54) is 0 Å². The molecule has 0 bridgehead atoms. The van der Waals surface area contributed by atoms with Crippen molar-refractivity contribution in [2.45, 2.75) is 0 Å². The summed E-state index contributed by atoms with van der Waals surface area (Å²) in [4.78, 5) is 19.7. The van der Waals surface area contributed by atoms with Crippen molar-refractivity contribution in [1.29, 1.82) is 0 Å². The van der Waals surface area contributed by atoms with Gasteiger partial charge in [-0.05, 0) is 53.1 Å². The Hall–Kier alpha value is -4.81. The molecule has 0 aliphatic heterocycles. The average molecular weight is 498 g/mol. The molecule has 176 valence electrons. The second-order valence-corrected chi connectivity index (χ2v) is 9.96. The maximum absolute atomic E-state index is 11.6. The third-order valence-electron chi connectivity index (χ3n) is 6.76. The van der Waals surface area contributed by atoms with Crippen molar-refractivity contribution in [1.82, 2.24) is 9.97 Å². The number of aromatic amines is 1. The van der Waals surface area contributed by atoms with Gasteiger partial charge in [0.1, 0.15) is 5.01 Å². The molecule has 5 nitrogen and oxygen atoms in total. The van der Waals surface area contributed by atoms with Gasteiger partial charge in [0.25, 0.3) is 5.69 Å². The number of nitrogens with zero attached hydrogens (tertiary/aromatic N) is 2. The molecule has 0 aliphatic rings. The quantitative estimate of drug-likeness (QED) is 0.195. The van der Waals surface area contributed by atoms with Gasteiger partial charge < -0.3 is 4.98 Å². The molecule has 0 saturated heterocycles. The molecule has 37 heavy (non-hydrogen) atoms. The number of nitrogens with one attached hydrogen (secondary N) is 1. The van der Waals surface area contributed by atoms with E-state index in [4.69, 9.17) is 4.98 Å². The van der Waals surface area contributed by atoms with Gasteiger partial charge in [-0.15, -0.1) is 11.3 Å². The second-order valence-electron chi connectivity index (χ2n) is 8.96. The minimum atomic E-state index is -0.330. The number of aromatic nitrogens is 2. The number of benzene rings is 5. The fourth-order valence-electron chi connectivity index (χ4n) is 4.98. The highest BCUT2D eigenvalue weighted by Gasteiger charge is 2.16. The van der Waals surface area contributed by atoms with Crippen LogP contribution in [0.3, 0.4) is 0 Å². The van der Waals surface area contributed by atoms with Gasteiger partial charge in [-0.25, -0.2) is 4.98 Å². The molecule has 0 unspecified atom stereocenters. The van der Waals surface area contributed by atoms with Crippen LogP contribution in [0, 0.1) is 10.1 Å². The molecule has 0 saturated carbocycles. The fraction of sp³-hybridized carbons (Fsp3) is 0. The molecule has 0 radical (unpaired) electrons. The Balaban J connectivity index is 1.35. The largest absolute Gasteiger partial charge is 0.353 e. The van der Waals surface area contributed by atoms with Crippen LogP contribution in [-0.4, -0.2) is 14.9 Å². The number of rotatable bonds is 4. The zero-order valence-corrected chi connectivity index (χ0v) is 20.3. The SMILES string of the molecule is O=[N+]([O-])c1ccccc1-c1cccc(-c2ccc3[nH]c4c(ccc5nc(-c6ccccc6)sc54)c3c2)c1. The summed E-state index contributed by atoms with van der Waals surface area (Å²) in [6, 6.07) is 35.7. The van der Waals surface area contributed by atoms with Crippen molar-refractivity contribution in [2.24, 2.45) is 0 Å². The minimum Gasteiger partial charge on any atom is -0.353 e. The number of fused-ring (bicyclic) bond motifs is 5. The average Bonchev–Trinajstić information content (AvgIpc) is 3.55. The molecule has 0 atom stereocenters. The van der Waals surface area contributed by atoms with Gasteiger partial charge in [-0.1, -0.05) is 66.7 Å². The molecular weight excluding hydrogens is 478 g/mol. The number of hydrogen-bond acceptors (Lipinski definition) is 4. The van der Waals surface area contributed by atoms with Gasteiger partial charge in [0.15, 0.2) is 0 Å².